The number of halogens is 1. The van der Waals surface area contributed by atoms with Gasteiger partial charge < -0.3 is 19.5 Å². The van der Waals surface area contributed by atoms with Gasteiger partial charge in [0.2, 0.25) is 0 Å². The summed E-state index contributed by atoms with van der Waals surface area (Å²) in [6.07, 6.45) is 6.95. The smallest absolute Gasteiger partial charge is 0.174 e. The van der Waals surface area contributed by atoms with Crippen LogP contribution in [0, 0.1) is 13.8 Å². The van der Waals surface area contributed by atoms with Crippen LogP contribution >= 0.6 is 23.8 Å². The van der Waals surface area contributed by atoms with Crippen LogP contribution in [-0.2, 0) is 0 Å². The van der Waals surface area contributed by atoms with Crippen molar-refractivity contribution in [3.63, 3.8) is 0 Å². The molecule has 0 unspecified atom stereocenters. The zero-order valence-corrected chi connectivity index (χ0v) is 20.8. The molecule has 7 heteroatoms. The van der Waals surface area contributed by atoms with Gasteiger partial charge in [-0.05, 0) is 80.9 Å². The Hall–Kier alpha value is -2.57. The van der Waals surface area contributed by atoms with Gasteiger partial charge in [-0.15, -0.1) is 0 Å². The van der Waals surface area contributed by atoms with Gasteiger partial charge in [0.25, 0.3) is 0 Å². The first-order valence-corrected chi connectivity index (χ1v) is 12.3. The third-order valence-corrected chi connectivity index (χ3v) is 7.65. The topological polar surface area (TPSA) is 42.3 Å². The SMILES string of the molecule is COc1ccc(N2C(=S)N[C@H](c3ccccn3)[C@H]2c2cc(C)n(C3CCCC3)c2C)cc1Cl. The van der Waals surface area contributed by atoms with Gasteiger partial charge in [-0.3, -0.25) is 4.98 Å². The highest BCUT2D eigenvalue weighted by molar-refractivity contribution is 7.80. The monoisotopic (exact) mass is 480 g/mol. The van der Waals surface area contributed by atoms with Crippen molar-refractivity contribution in [2.75, 3.05) is 12.0 Å². The Balaban J connectivity index is 1.64. The minimum atomic E-state index is -0.0721. The van der Waals surface area contributed by atoms with Crippen LogP contribution in [-0.4, -0.2) is 21.8 Å². The predicted molar refractivity (Wildman–Crippen MR) is 137 cm³/mol. The van der Waals surface area contributed by atoms with Crippen LogP contribution in [0.4, 0.5) is 5.69 Å². The molecule has 0 amide bonds. The van der Waals surface area contributed by atoms with E-state index in [0.29, 0.717) is 21.9 Å². The zero-order valence-electron chi connectivity index (χ0n) is 19.2. The highest BCUT2D eigenvalue weighted by atomic mass is 35.5. The van der Waals surface area contributed by atoms with Crippen molar-refractivity contribution in [3.8, 4) is 5.75 Å². The number of nitrogens with one attached hydrogen (secondary N) is 1. The van der Waals surface area contributed by atoms with Crippen molar-refractivity contribution >= 4 is 34.6 Å². The fraction of sp³-hybridized carbons (Fsp3) is 0.385. The molecule has 33 heavy (non-hydrogen) atoms. The lowest BCUT2D eigenvalue weighted by molar-refractivity contribution is 0.415. The molecule has 1 aliphatic carbocycles. The molecule has 1 aliphatic heterocycles. The summed E-state index contributed by atoms with van der Waals surface area (Å²) in [6, 6.07) is 14.7. The molecule has 0 bridgehead atoms. The van der Waals surface area contributed by atoms with Crippen molar-refractivity contribution in [1.82, 2.24) is 14.9 Å². The number of aryl methyl sites for hydroxylation is 1. The molecule has 172 valence electrons. The predicted octanol–water partition coefficient (Wildman–Crippen LogP) is 6.45. The van der Waals surface area contributed by atoms with E-state index in [2.05, 4.69) is 45.7 Å². The van der Waals surface area contributed by atoms with Gasteiger partial charge in [-0.2, -0.15) is 0 Å². The molecule has 1 aromatic carbocycles. The quantitative estimate of drug-likeness (QED) is 0.425. The number of aromatic nitrogens is 2. The van der Waals surface area contributed by atoms with E-state index in [1.54, 1.807) is 7.11 Å². The van der Waals surface area contributed by atoms with Crippen molar-refractivity contribution < 1.29 is 4.74 Å². The first-order chi connectivity index (χ1) is 16.0. The lowest BCUT2D eigenvalue weighted by atomic mass is 9.96. The third-order valence-electron chi connectivity index (χ3n) is 7.04. The Labute approximate surface area is 205 Å². The maximum atomic E-state index is 6.52. The molecule has 5 rings (SSSR count). The number of benzene rings is 1. The number of rotatable bonds is 5. The lowest BCUT2D eigenvalue weighted by Gasteiger charge is -2.29. The molecule has 0 radical (unpaired) electrons. The van der Waals surface area contributed by atoms with Crippen molar-refractivity contribution in [2.24, 2.45) is 0 Å². The molecule has 1 saturated heterocycles. The van der Waals surface area contributed by atoms with Crippen LogP contribution in [0.2, 0.25) is 5.02 Å². The molecule has 0 spiro atoms. The average Bonchev–Trinajstić information content (AvgIpc) is 3.52. The van der Waals surface area contributed by atoms with Gasteiger partial charge in [0.05, 0.1) is 29.9 Å². The molecule has 5 nitrogen and oxygen atoms in total. The van der Waals surface area contributed by atoms with Crippen molar-refractivity contribution in [2.45, 2.75) is 57.7 Å². The van der Waals surface area contributed by atoms with E-state index in [4.69, 9.17) is 28.6 Å². The molecule has 2 atom stereocenters. The Morgan fingerprint density at radius 2 is 1.91 bits per heavy atom. The number of anilines is 1. The van der Waals surface area contributed by atoms with Crippen LogP contribution in [0.3, 0.4) is 0 Å². The second-order valence-corrected chi connectivity index (χ2v) is 9.74. The summed E-state index contributed by atoms with van der Waals surface area (Å²) in [5, 5.41) is 4.79. The Bertz CT molecular complexity index is 1170. The van der Waals surface area contributed by atoms with Crippen molar-refractivity contribution in [1.29, 1.82) is 0 Å². The van der Waals surface area contributed by atoms with E-state index in [1.165, 1.54) is 42.6 Å². The number of thiocarbonyl (C=S) groups is 1. The van der Waals surface area contributed by atoms with E-state index in [0.717, 1.165) is 11.4 Å². The second kappa shape index (κ2) is 8.99. The average molecular weight is 481 g/mol. The highest BCUT2D eigenvalue weighted by Gasteiger charge is 2.42. The number of hydrogen-bond acceptors (Lipinski definition) is 3. The number of pyridine rings is 1. The number of methoxy groups -OCH3 is 1. The molecule has 1 N–H and O–H groups in total. The molecule has 2 aromatic heterocycles. The second-order valence-electron chi connectivity index (χ2n) is 8.95. The summed E-state index contributed by atoms with van der Waals surface area (Å²) in [6.45, 7) is 4.47. The molecular weight excluding hydrogens is 452 g/mol. The number of ether oxygens (including phenoxy) is 1. The number of hydrogen-bond donors (Lipinski definition) is 1. The largest absolute Gasteiger partial charge is 0.495 e. The Kier molecular flexibility index (Phi) is 6.06. The fourth-order valence-corrected chi connectivity index (χ4v) is 6.18. The fourth-order valence-electron chi connectivity index (χ4n) is 5.58. The minimum Gasteiger partial charge on any atom is -0.495 e. The zero-order chi connectivity index (χ0) is 23.1. The Morgan fingerprint density at radius 3 is 2.58 bits per heavy atom. The summed E-state index contributed by atoms with van der Waals surface area (Å²) in [4.78, 5) is 6.86. The van der Waals surface area contributed by atoms with Gasteiger partial charge in [0, 0.05) is 29.3 Å². The summed E-state index contributed by atoms with van der Waals surface area (Å²) < 4.78 is 7.91. The van der Waals surface area contributed by atoms with Crippen LogP contribution in [0.15, 0.2) is 48.7 Å². The standard InChI is InChI=1S/C26H29ClN4OS/c1-16-14-20(17(2)30(16)18-8-4-5-9-18)25-24(22-10-6-7-13-28-22)29-26(33)31(25)19-11-12-23(32-3)21(27)15-19/h6-7,10-15,18,24-25H,4-5,8-9H2,1-3H3,(H,29,33)/t24-,25-/m1/s1. The Morgan fingerprint density at radius 1 is 1.12 bits per heavy atom. The van der Waals surface area contributed by atoms with Crippen LogP contribution in [0.5, 0.6) is 5.75 Å². The highest BCUT2D eigenvalue weighted by Crippen LogP contribution is 2.45. The van der Waals surface area contributed by atoms with E-state index < -0.39 is 0 Å². The number of nitrogens with zero attached hydrogens (tertiary/aromatic N) is 3. The molecular formula is C26H29ClN4OS. The molecule has 2 fully saturated rings. The van der Waals surface area contributed by atoms with Gasteiger partial charge in [0.15, 0.2) is 5.11 Å². The van der Waals surface area contributed by atoms with Gasteiger partial charge in [0.1, 0.15) is 5.75 Å². The molecule has 3 aromatic rings. The molecule has 1 saturated carbocycles. The summed E-state index contributed by atoms with van der Waals surface area (Å²) in [7, 11) is 1.63. The lowest BCUT2D eigenvalue weighted by Crippen LogP contribution is -2.29. The van der Waals surface area contributed by atoms with Gasteiger partial charge in [-0.1, -0.05) is 30.5 Å². The maximum Gasteiger partial charge on any atom is 0.174 e. The normalized spacial score (nSPS) is 21.0. The van der Waals surface area contributed by atoms with E-state index in [1.807, 2.05) is 36.5 Å². The van der Waals surface area contributed by atoms with E-state index in [-0.39, 0.29) is 12.1 Å². The first kappa shape index (κ1) is 22.2. The van der Waals surface area contributed by atoms with Crippen molar-refractivity contribution in [3.05, 3.63) is 76.3 Å². The summed E-state index contributed by atoms with van der Waals surface area (Å²) in [5.41, 5.74) is 5.79. The third kappa shape index (κ3) is 3.89. The van der Waals surface area contributed by atoms with Gasteiger partial charge >= 0.3 is 0 Å². The minimum absolute atomic E-state index is 0.0433. The van der Waals surface area contributed by atoms with Crippen LogP contribution in [0.25, 0.3) is 0 Å². The van der Waals surface area contributed by atoms with Gasteiger partial charge in [-0.25, -0.2) is 0 Å². The van der Waals surface area contributed by atoms with E-state index in [9.17, 15) is 0 Å². The molecule has 2 aliphatic rings. The van der Waals surface area contributed by atoms with Crippen LogP contribution in [0.1, 0.15) is 66.5 Å². The maximum absolute atomic E-state index is 6.52. The summed E-state index contributed by atoms with van der Waals surface area (Å²) >= 11 is 12.4. The van der Waals surface area contributed by atoms with E-state index >= 15 is 0 Å². The first-order valence-electron chi connectivity index (χ1n) is 11.5. The summed E-state index contributed by atoms with van der Waals surface area (Å²) in [5.74, 6) is 0.649. The van der Waals surface area contributed by atoms with Crippen LogP contribution < -0.4 is 15.0 Å². The molecule has 3 heterocycles.